The molecular formula is C26H18F3N5O5. The van der Waals surface area contributed by atoms with Crippen LogP contribution < -0.4 is 15.0 Å². The monoisotopic (exact) mass is 537 g/mol. The van der Waals surface area contributed by atoms with Crippen LogP contribution in [-0.4, -0.2) is 34.0 Å². The molecule has 39 heavy (non-hydrogen) atoms. The topological polar surface area (TPSA) is 133 Å². The zero-order valence-corrected chi connectivity index (χ0v) is 20.2. The maximum Gasteiger partial charge on any atom is 0.416 e. The molecule has 0 aliphatic heterocycles. The Bertz CT molecular complexity index is 1690. The van der Waals surface area contributed by atoms with Crippen molar-refractivity contribution < 1.29 is 27.6 Å². The molecule has 0 aliphatic carbocycles. The highest BCUT2D eigenvalue weighted by Crippen LogP contribution is 2.38. The largest absolute Gasteiger partial charge is 0.490 e. The average molecular weight is 537 g/mol. The first-order valence-corrected chi connectivity index (χ1v) is 11.3. The van der Waals surface area contributed by atoms with Gasteiger partial charge in [-0.1, -0.05) is 24.3 Å². The number of rotatable bonds is 8. The first-order chi connectivity index (χ1) is 18.6. The highest BCUT2D eigenvalue weighted by molar-refractivity contribution is 5.84. The zero-order valence-electron chi connectivity index (χ0n) is 20.2. The number of nitro groups is 1. The van der Waals surface area contributed by atoms with Crippen LogP contribution in [0.4, 0.5) is 18.9 Å². The molecule has 0 unspecified atom stereocenters. The Kier molecular flexibility index (Phi) is 7.57. The Balaban J connectivity index is 1.91. The lowest BCUT2D eigenvalue weighted by Crippen LogP contribution is -2.20. The molecule has 0 spiro atoms. The number of aromatic nitrogens is 2. The van der Waals surface area contributed by atoms with E-state index in [9.17, 15) is 28.1 Å². The van der Waals surface area contributed by atoms with E-state index in [4.69, 9.17) is 14.7 Å². The molecule has 0 radical (unpaired) electrons. The van der Waals surface area contributed by atoms with Crippen LogP contribution in [0.25, 0.3) is 22.3 Å². The first kappa shape index (κ1) is 26.8. The lowest BCUT2D eigenvalue weighted by molar-refractivity contribution is -0.385. The van der Waals surface area contributed by atoms with Crippen molar-refractivity contribution in [2.24, 2.45) is 5.10 Å². The van der Waals surface area contributed by atoms with Crippen LogP contribution in [0.15, 0.2) is 70.6 Å². The molecule has 4 rings (SSSR count). The van der Waals surface area contributed by atoms with E-state index >= 15 is 0 Å². The van der Waals surface area contributed by atoms with Crippen LogP contribution in [0, 0.1) is 21.4 Å². The van der Waals surface area contributed by atoms with Crippen molar-refractivity contribution in [2.45, 2.75) is 13.1 Å². The summed E-state index contributed by atoms with van der Waals surface area (Å²) in [4.78, 5) is 28.7. The van der Waals surface area contributed by atoms with Crippen LogP contribution in [0.2, 0.25) is 0 Å². The van der Waals surface area contributed by atoms with Gasteiger partial charge in [0.1, 0.15) is 6.07 Å². The molecule has 0 fully saturated rings. The third-order valence-electron chi connectivity index (χ3n) is 5.36. The van der Waals surface area contributed by atoms with Gasteiger partial charge in [-0.3, -0.25) is 14.9 Å². The standard InChI is InChI=1S/C26H18F3N5O5/c1-2-38-22-13-16(12-21(34(36)37)23(22)39-11-10-30)15-31-33-24(17-6-5-7-18(14-17)26(27,28)29)32-20-9-4-3-8-19(20)25(33)35/h3-9,12-15H,2,11H2,1H3. The third-order valence-corrected chi connectivity index (χ3v) is 5.36. The summed E-state index contributed by atoms with van der Waals surface area (Å²) >= 11 is 0. The summed E-state index contributed by atoms with van der Waals surface area (Å²) in [6, 6.07) is 14.7. The second-order valence-electron chi connectivity index (χ2n) is 7.90. The van der Waals surface area contributed by atoms with Crippen molar-refractivity contribution in [1.29, 1.82) is 5.26 Å². The molecule has 198 valence electrons. The summed E-state index contributed by atoms with van der Waals surface area (Å²) in [6.07, 6.45) is -3.52. The van der Waals surface area contributed by atoms with Crippen molar-refractivity contribution in [3.8, 4) is 29.0 Å². The highest BCUT2D eigenvalue weighted by Gasteiger charge is 2.31. The number of hydrogen-bond acceptors (Lipinski definition) is 8. The minimum absolute atomic E-state index is 0.0222. The maximum atomic E-state index is 13.4. The Hall–Kier alpha value is -5.25. The minimum atomic E-state index is -4.63. The molecule has 0 N–H and O–H groups in total. The summed E-state index contributed by atoms with van der Waals surface area (Å²) in [5, 5.41) is 24.8. The number of alkyl halides is 3. The molecule has 0 bridgehead atoms. The third kappa shape index (κ3) is 5.69. The van der Waals surface area contributed by atoms with Gasteiger partial charge in [0.15, 0.2) is 18.2 Å². The number of fused-ring (bicyclic) bond motifs is 1. The number of nitro benzene ring substituents is 1. The number of hydrogen-bond donors (Lipinski definition) is 0. The van der Waals surface area contributed by atoms with Gasteiger partial charge in [0.2, 0.25) is 5.75 Å². The Morgan fingerprint density at radius 1 is 1.15 bits per heavy atom. The van der Waals surface area contributed by atoms with Crippen molar-refractivity contribution in [3.63, 3.8) is 0 Å². The fourth-order valence-electron chi connectivity index (χ4n) is 3.71. The van der Waals surface area contributed by atoms with Crippen LogP contribution in [-0.2, 0) is 6.18 Å². The zero-order chi connectivity index (χ0) is 28.2. The SMILES string of the molecule is CCOc1cc(C=Nn2c(-c3cccc(C(F)(F)F)c3)nc3ccccc3c2=O)cc([N+](=O)[O-])c1OCC#N. The van der Waals surface area contributed by atoms with E-state index in [0.717, 1.165) is 29.1 Å². The molecule has 1 heterocycles. The van der Waals surface area contributed by atoms with E-state index in [0.29, 0.717) is 0 Å². The van der Waals surface area contributed by atoms with Gasteiger partial charge in [0.25, 0.3) is 5.56 Å². The van der Waals surface area contributed by atoms with E-state index in [1.165, 1.54) is 24.3 Å². The average Bonchev–Trinajstić information content (AvgIpc) is 2.91. The van der Waals surface area contributed by atoms with Crippen molar-refractivity contribution >= 4 is 22.8 Å². The van der Waals surface area contributed by atoms with Gasteiger partial charge in [0, 0.05) is 17.2 Å². The molecule has 10 nitrogen and oxygen atoms in total. The fraction of sp³-hybridized carbons (Fsp3) is 0.154. The van der Waals surface area contributed by atoms with Gasteiger partial charge in [-0.25, -0.2) is 4.98 Å². The minimum Gasteiger partial charge on any atom is -0.490 e. The molecule has 0 saturated heterocycles. The molecule has 3 aromatic carbocycles. The predicted molar refractivity (Wildman–Crippen MR) is 135 cm³/mol. The number of nitriles is 1. The van der Waals surface area contributed by atoms with Crippen molar-refractivity contribution in [2.75, 3.05) is 13.2 Å². The van der Waals surface area contributed by atoms with Crippen molar-refractivity contribution in [1.82, 2.24) is 9.66 Å². The predicted octanol–water partition coefficient (Wildman–Crippen LogP) is 5.17. The second-order valence-corrected chi connectivity index (χ2v) is 7.90. The molecular weight excluding hydrogens is 519 g/mol. The van der Waals surface area contributed by atoms with Crippen LogP contribution in [0.3, 0.4) is 0 Å². The number of nitrogens with zero attached hydrogens (tertiary/aromatic N) is 5. The summed E-state index contributed by atoms with van der Waals surface area (Å²) < 4.78 is 51.6. The second kappa shape index (κ2) is 11.0. The smallest absolute Gasteiger partial charge is 0.416 e. The Morgan fingerprint density at radius 3 is 2.62 bits per heavy atom. The normalized spacial score (nSPS) is 11.5. The lowest BCUT2D eigenvalue weighted by atomic mass is 10.1. The van der Waals surface area contributed by atoms with Crippen LogP contribution >= 0.6 is 0 Å². The van der Waals surface area contributed by atoms with Crippen molar-refractivity contribution in [3.05, 3.63) is 92.3 Å². The van der Waals surface area contributed by atoms with Gasteiger partial charge < -0.3 is 9.47 Å². The summed E-state index contributed by atoms with van der Waals surface area (Å²) in [5.41, 5.74) is -1.79. The van der Waals surface area contributed by atoms with Gasteiger partial charge in [0.05, 0.1) is 34.2 Å². The first-order valence-electron chi connectivity index (χ1n) is 11.3. The highest BCUT2D eigenvalue weighted by atomic mass is 19.4. The quantitative estimate of drug-likeness (QED) is 0.172. The Labute approximate surface area is 218 Å². The number of para-hydroxylation sites is 1. The summed E-state index contributed by atoms with van der Waals surface area (Å²) in [7, 11) is 0. The van der Waals surface area contributed by atoms with Gasteiger partial charge in [-0.05, 0) is 37.3 Å². The molecule has 4 aromatic rings. The lowest BCUT2D eigenvalue weighted by Gasteiger charge is -2.13. The summed E-state index contributed by atoms with van der Waals surface area (Å²) in [6.45, 7) is 1.30. The molecule has 1 aromatic heterocycles. The number of halogens is 3. The maximum absolute atomic E-state index is 13.4. The van der Waals surface area contributed by atoms with E-state index in [2.05, 4.69) is 10.1 Å². The summed E-state index contributed by atoms with van der Waals surface area (Å²) in [5.74, 6) is -0.463. The number of benzene rings is 3. The van der Waals surface area contributed by atoms with Gasteiger partial charge in [-0.2, -0.15) is 28.2 Å². The number of ether oxygens (including phenoxy) is 2. The molecule has 13 heteroatoms. The van der Waals surface area contributed by atoms with Gasteiger partial charge in [-0.15, -0.1) is 0 Å². The van der Waals surface area contributed by atoms with Crippen LogP contribution in [0.5, 0.6) is 11.5 Å². The molecule has 0 atom stereocenters. The fourth-order valence-corrected chi connectivity index (χ4v) is 3.71. The Morgan fingerprint density at radius 2 is 1.92 bits per heavy atom. The van der Waals surface area contributed by atoms with E-state index < -0.39 is 34.5 Å². The van der Waals surface area contributed by atoms with E-state index in [1.54, 1.807) is 31.2 Å². The van der Waals surface area contributed by atoms with E-state index in [1.807, 2.05) is 0 Å². The van der Waals surface area contributed by atoms with E-state index in [-0.39, 0.29) is 46.0 Å². The molecule has 0 amide bonds. The van der Waals surface area contributed by atoms with Crippen LogP contribution in [0.1, 0.15) is 18.1 Å². The molecule has 0 saturated carbocycles. The van der Waals surface area contributed by atoms with Gasteiger partial charge >= 0.3 is 11.9 Å². The molecule has 0 aliphatic rings.